The lowest BCUT2D eigenvalue weighted by molar-refractivity contribution is 0.0985. The van der Waals surface area contributed by atoms with Gasteiger partial charge in [0.25, 0.3) is 5.91 Å². The third-order valence-electron chi connectivity index (χ3n) is 7.64. The molecule has 1 unspecified atom stereocenters. The molecule has 10 nitrogen and oxygen atoms in total. The van der Waals surface area contributed by atoms with Gasteiger partial charge in [0.05, 0.1) is 17.6 Å². The molecule has 1 spiro atoms. The summed E-state index contributed by atoms with van der Waals surface area (Å²) in [5.41, 5.74) is 22.9. The van der Waals surface area contributed by atoms with Crippen LogP contribution in [0.2, 0.25) is 0 Å². The Hall–Kier alpha value is -3.79. The van der Waals surface area contributed by atoms with E-state index in [0.29, 0.717) is 24.6 Å². The van der Waals surface area contributed by atoms with Gasteiger partial charge in [-0.1, -0.05) is 0 Å². The minimum absolute atomic E-state index is 0.00248. The van der Waals surface area contributed by atoms with Crippen molar-refractivity contribution in [2.75, 3.05) is 40.9 Å². The molecule has 2 aliphatic heterocycles. The van der Waals surface area contributed by atoms with E-state index < -0.39 is 0 Å². The molecule has 1 fully saturated rings. The van der Waals surface area contributed by atoms with E-state index >= 15 is 0 Å². The Labute approximate surface area is 197 Å². The van der Waals surface area contributed by atoms with Gasteiger partial charge in [-0.3, -0.25) is 9.78 Å². The summed E-state index contributed by atoms with van der Waals surface area (Å²) in [4.78, 5) is 34.5. The predicted molar refractivity (Wildman–Crippen MR) is 129 cm³/mol. The highest BCUT2D eigenvalue weighted by molar-refractivity contribution is 6.08. The number of nitrogen functional groups attached to an aromatic ring is 2. The van der Waals surface area contributed by atoms with Crippen LogP contribution in [-0.2, 0) is 12.8 Å². The third-order valence-corrected chi connectivity index (χ3v) is 7.64. The SMILES string of the molecule is Nc1ccc2c(n1)CCN2C(=O)c1ncc(N2CCC3(CC2)Cc2ccncc2C3N)nc1N. The van der Waals surface area contributed by atoms with E-state index in [-0.39, 0.29) is 28.9 Å². The number of piperidine rings is 1. The standard InChI is InChI=1S/C24H27N9O/c25-18-2-1-17-16(30-18)4-8-33(17)23(34)20-22(27)31-19(13-29-20)32-9-5-24(6-10-32)11-14-3-7-28-12-15(14)21(24)26/h1-3,7,12-13,21H,4-6,8-11,26H2,(H2,25,30)(H2,27,31). The molecule has 1 saturated heterocycles. The first-order chi connectivity index (χ1) is 16.4. The molecule has 6 rings (SSSR count). The molecule has 1 amide bonds. The quantitative estimate of drug-likeness (QED) is 0.519. The Morgan fingerprint density at radius 2 is 1.88 bits per heavy atom. The van der Waals surface area contributed by atoms with Crippen molar-refractivity contribution in [2.24, 2.45) is 11.1 Å². The second kappa shape index (κ2) is 7.63. The van der Waals surface area contributed by atoms with E-state index in [0.717, 1.165) is 43.7 Å². The summed E-state index contributed by atoms with van der Waals surface area (Å²) < 4.78 is 0. The maximum absolute atomic E-state index is 13.2. The lowest BCUT2D eigenvalue weighted by Gasteiger charge is -2.42. The monoisotopic (exact) mass is 457 g/mol. The molecule has 0 bridgehead atoms. The number of pyridine rings is 2. The molecule has 5 heterocycles. The van der Waals surface area contributed by atoms with Gasteiger partial charge in [0.2, 0.25) is 0 Å². The van der Waals surface area contributed by atoms with Crippen molar-refractivity contribution in [3.8, 4) is 0 Å². The average Bonchev–Trinajstić information content (AvgIpc) is 3.38. The van der Waals surface area contributed by atoms with Crippen molar-refractivity contribution >= 4 is 29.0 Å². The van der Waals surface area contributed by atoms with E-state index in [1.165, 1.54) is 11.1 Å². The van der Waals surface area contributed by atoms with Crippen molar-refractivity contribution in [3.05, 3.63) is 59.3 Å². The summed E-state index contributed by atoms with van der Waals surface area (Å²) in [6.45, 7) is 2.13. The minimum Gasteiger partial charge on any atom is -0.384 e. The maximum Gasteiger partial charge on any atom is 0.280 e. The number of carbonyl (C=O) groups is 1. The summed E-state index contributed by atoms with van der Waals surface area (Å²) in [5, 5.41) is 0. The van der Waals surface area contributed by atoms with Crippen molar-refractivity contribution < 1.29 is 4.79 Å². The Balaban J connectivity index is 1.17. The van der Waals surface area contributed by atoms with Crippen molar-refractivity contribution in [3.63, 3.8) is 0 Å². The molecule has 1 aliphatic carbocycles. The number of hydrogen-bond acceptors (Lipinski definition) is 9. The van der Waals surface area contributed by atoms with Gasteiger partial charge in [-0.2, -0.15) is 0 Å². The number of fused-ring (bicyclic) bond motifs is 2. The number of nitrogens with two attached hydrogens (primary N) is 3. The number of carbonyl (C=O) groups excluding carboxylic acids is 1. The van der Waals surface area contributed by atoms with E-state index in [1.54, 1.807) is 17.2 Å². The van der Waals surface area contributed by atoms with Gasteiger partial charge in [0.1, 0.15) is 11.6 Å². The molecule has 174 valence electrons. The van der Waals surface area contributed by atoms with Gasteiger partial charge < -0.3 is 27.0 Å². The molecule has 0 saturated carbocycles. The van der Waals surface area contributed by atoms with Crippen LogP contribution in [0.15, 0.2) is 36.8 Å². The minimum atomic E-state index is -0.275. The van der Waals surface area contributed by atoms with Crippen molar-refractivity contribution in [1.82, 2.24) is 19.9 Å². The second-order valence-electron chi connectivity index (χ2n) is 9.45. The fourth-order valence-electron chi connectivity index (χ4n) is 5.69. The first-order valence-electron chi connectivity index (χ1n) is 11.6. The van der Waals surface area contributed by atoms with Crippen LogP contribution in [0.1, 0.15) is 46.2 Å². The molecule has 10 heteroatoms. The van der Waals surface area contributed by atoms with Crippen LogP contribution in [0.25, 0.3) is 0 Å². The smallest absolute Gasteiger partial charge is 0.280 e. The highest BCUT2D eigenvalue weighted by Gasteiger charge is 2.46. The van der Waals surface area contributed by atoms with Gasteiger partial charge in [-0.15, -0.1) is 0 Å². The number of amides is 1. The van der Waals surface area contributed by atoms with Crippen LogP contribution in [0.3, 0.4) is 0 Å². The van der Waals surface area contributed by atoms with E-state index in [4.69, 9.17) is 17.2 Å². The fourth-order valence-corrected chi connectivity index (χ4v) is 5.69. The Morgan fingerprint density at radius 1 is 1.06 bits per heavy atom. The Bertz CT molecular complexity index is 1290. The third kappa shape index (κ3) is 3.17. The van der Waals surface area contributed by atoms with Gasteiger partial charge in [-0.05, 0) is 54.0 Å². The van der Waals surface area contributed by atoms with E-state index in [2.05, 4.69) is 30.9 Å². The van der Waals surface area contributed by atoms with Gasteiger partial charge in [-0.25, -0.2) is 15.0 Å². The van der Waals surface area contributed by atoms with Crippen LogP contribution in [0.4, 0.5) is 23.1 Å². The fraction of sp³-hybridized carbons (Fsp3) is 0.375. The zero-order valence-corrected chi connectivity index (χ0v) is 18.8. The topological polar surface area (TPSA) is 153 Å². The first-order valence-corrected chi connectivity index (χ1v) is 11.6. The molecule has 1 atom stereocenters. The number of aromatic nitrogens is 4. The van der Waals surface area contributed by atoms with Crippen LogP contribution in [0.5, 0.6) is 0 Å². The Morgan fingerprint density at radius 3 is 2.65 bits per heavy atom. The molecule has 3 aromatic rings. The van der Waals surface area contributed by atoms with Gasteiger partial charge in [0.15, 0.2) is 11.5 Å². The molecular weight excluding hydrogens is 430 g/mol. The van der Waals surface area contributed by atoms with Crippen molar-refractivity contribution in [1.29, 1.82) is 0 Å². The van der Waals surface area contributed by atoms with Gasteiger partial charge >= 0.3 is 0 Å². The number of nitrogens with zero attached hydrogens (tertiary/aromatic N) is 6. The summed E-state index contributed by atoms with van der Waals surface area (Å²) in [7, 11) is 0. The predicted octanol–water partition coefficient (Wildman–Crippen LogP) is 1.48. The van der Waals surface area contributed by atoms with E-state index in [9.17, 15) is 4.79 Å². The normalized spacial score (nSPS) is 20.4. The molecule has 0 aromatic carbocycles. The second-order valence-corrected chi connectivity index (χ2v) is 9.45. The lowest BCUT2D eigenvalue weighted by Crippen LogP contribution is -2.44. The van der Waals surface area contributed by atoms with E-state index in [1.807, 2.05) is 18.5 Å². The number of anilines is 4. The number of rotatable bonds is 2. The Kier molecular flexibility index (Phi) is 4.66. The highest BCUT2D eigenvalue weighted by atomic mass is 16.2. The molecule has 6 N–H and O–H groups in total. The zero-order valence-electron chi connectivity index (χ0n) is 18.8. The molecule has 3 aromatic heterocycles. The maximum atomic E-state index is 13.2. The van der Waals surface area contributed by atoms with Crippen LogP contribution in [0, 0.1) is 5.41 Å². The van der Waals surface area contributed by atoms with Crippen LogP contribution < -0.4 is 27.0 Å². The summed E-state index contributed by atoms with van der Waals surface area (Å²) in [5.74, 6) is 0.989. The molecule has 34 heavy (non-hydrogen) atoms. The highest BCUT2D eigenvalue weighted by Crippen LogP contribution is 2.50. The molecular formula is C24H27N9O. The van der Waals surface area contributed by atoms with Gasteiger partial charge in [0, 0.05) is 44.5 Å². The van der Waals surface area contributed by atoms with Crippen LogP contribution in [-0.4, -0.2) is 45.5 Å². The number of hydrogen-bond donors (Lipinski definition) is 3. The molecule has 0 radical (unpaired) electrons. The summed E-state index contributed by atoms with van der Waals surface area (Å²) >= 11 is 0. The lowest BCUT2D eigenvalue weighted by atomic mass is 9.73. The molecule has 3 aliphatic rings. The van der Waals surface area contributed by atoms with Crippen molar-refractivity contribution in [2.45, 2.75) is 31.7 Å². The first kappa shape index (κ1) is 20.8. The van der Waals surface area contributed by atoms with Crippen LogP contribution >= 0.6 is 0 Å². The summed E-state index contributed by atoms with van der Waals surface area (Å²) in [6, 6.07) is 5.59. The zero-order chi connectivity index (χ0) is 23.4. The summed E-state index contributed by atoms with van der Waals surface area (Å²) in [6.07, 6.45) is 8.93. The largest absolute Gasteiger partial charge is 0.384 e. The average molecular weight is 458 g/mol.